The zero-order valence-electron chi connectivity index (χ0n) is 12.1. The Morgan fingerprint density at radius 1 is 1.26 bits per heavy atom. The lowest BCUT2D eigenvalue weighted by Crippen LogP contribution is -2.11. The van der Waals surface area contributed by atoms with E-state index in [0.29, 0.717) is 5.56 Å². The highest BCUT2D eigenvalue weighted by atomic mass is 32.1. The smallest absolute Gasteiger partial charge is 0.349 e. The molecule has 23 heavy (non-hydrogen) atoms. The van der Waals surface area contributed by atoms with Crippen LogP contribution in [0, 0.1) is 6.92 Å². The Morgan fingerprint density at radius 2 is 2.04 bits per heavy atom. The van der Waals surface area contributed by atoms with Crippen LogP contribution in [0.2, 0.25) is 0 Å². The largest absolute Gasteiger partial charge is 0.480 e. The van der Waals surface area contributed by atoms with Crippen LogP contribution in [-0.4, -0.2) is 33.7 Å². The molecule has 7 heteroatoms. The number of hydrogen-bond acceptors (Lipinski definition) is 4. The van der Waals surface area contributed by atoms with Gasteiger partial charge >= 0.3 is 11.9 Å². The predicted molar refractivity (Wildman–Crippen MR) is 86.4 cm³/mol. The standard InChI is InChI=1S/C16H13NO5S/c1-8-13(22-7-12(18)19)15(16(20)21)23-14(8)10-2-3-11-9(6-10)4-5-17-11/h2-6,17H,7H2,1H3,(H,18,19)(H,20,21). The van der Waals surface area contributed by atoms with E-state index < -0.39 is 18.5 Å². The number of carbonyl (C=O) groups is 2. The van der Waals surface area contributed by atoms with Crippen molar-refractivity contribution < 1.29 is 24.5 Å². The van der Waals surface area contributed by atoms with Crippen molar-refractivity contribution in [3.05, 3.63) is 40.9 Å². The van der Waals surface area contributed by atoms with Gasteiger partial charge in [-0.1, -0.05) is 6.07 Å². The molecule has 3 rings (SSSR count). The second kappa shape index (κ2) is 5.77. The minimum absolute atomic E-state index is 0.00733. The highest BCUT2D eigenvalue weighted by Crippen LogP contribution is 2.42. The Morgan fingerprint density at radius 3 is 2.74 bits per heavy atom. The molecule has 0 saturated carbocycles. The molecule has 2 aromatic heterocycles. The number of aromatic amines is 1. The number of aliphatic carboxylic acids is 1. The maximum absolute atomic E-state index is 11.4. The summed E-state index contributed by atoms with van der Waals surface area (Å²) in [7, 11) is 0. The van der Waals surface area contributed by atoms with Crippen molar-refractivity contribution in [3.8, 4) is 16.2 Å². The molecule has 118 valence electrons. The van der Waals surface area contributed by atoms with Crippen LogP contribution in [0.3, 0.4) is 0 Å². The molecule has 3 aromatic rings. The van der Waals surface area contributed by atoms with E-state index in [1.807, 2.05) is 30.5 Å². The van der Waals surface area contributed by atoms with Crippen molar-refractivity contribution in [1.82, 2.24) is 4.98 Å². The molecule has 0 bridgehead atoms. The molecule has 0 aliphatic carbocycles. The summed E-state index contributed by atoms with van der Waals surface area (Å²) in [5.41, 5.74) is 2.49. The lowest BCUT2D eigenvalue weighted by atomic mass is 10.1. The third kappa shape index (κ3) is 2.78. The van der Waals surface area contributed by atoms with Crippen molar-refractivity contribution >= 4 is 34.2 Å². The van der Waals surface area contributed by atoms with Crippen molar-refractivity contribution in [2.24, 2.45) is 0 Å². The molecule has 1 aromatic carbocycles. The van der Waals surface area contributed by atoms with Gasteiger partial charge in [0.25, 0.3) is 0 Å². The van der Waals surface area contributed by atoms with Gasteiger partial charge in [-0.15, -0.1) is 11.3 Å². The van der Waals surface area contributed by atoms with Crippen LogP contribution in [-0.2, 0) is 4.79 Å². The third-order valence-corrected chi connectivity index (χ3v) is 4.75. The van der Waals surface area contributed by atoms with E-state index in [-0.39, 0.29) is 10.6 Å². The summed E-state index contributed by atoms with van der Waals surface area (Å²) in [6, 6.07) is 7.70. The van der Waals surface area contributed by atoms with Gasteiger partial charge in [0, 0.05) is 22.2 Å². The van der Waals surface area contributed by atoms with Gasteiger partial charge in [0.1, 0.15) is 5.75 Å². The summed E-state index contributed by atoms with van der Waals surface area (Å²) in [5.74, 6) is -2.16. The van der Waals surface area contributed by atoms with Gasteiger partial charge in [-0.3, -0.25) is 0 Å². The van der Waals surface area contributed by atoms with Crippen molar-refractivity contribution in [3.63, 3.8) is 0 Å². The molecule has 3 N–H and O–H groups in total. The second-order valence-corrected chi connectivity index (χ2v) is 6.00. The number of fused-ring (bicyclic) bond motifs is 1. The topological polar surface area (TPSA) is 99.6 Å². The molecular formula is C16H13NO5S. The van der Waals surface area contributed by atoms with E-state index in [4.69, 9.17) is 9.84 Å². The Kier molecular flexibility index (Phi) is 3.79. The monoisotopic (exact) mass is 331 g/mol. The first kappa shape index (κ1) is 15.1. The van der Waals surface area contributed by atoms with Gasteiger partial charge in [-0.05, 0) is 36.1 Å². The maximum atomic E-state index is 11.4. The fourth-order valence-corrected chi connectivity index (χ4v) is 3.50. The molecular weight excluding hydrogens is 318 g/mol. The van der Waals surface area contributed by atoms with Crippen LogP contribution >= 0.6 is 11.3 Å². The van der Waals surface area contributed by atoms with Crippen LogP contribution in [0.15, 0.2) is 30.5 Å². The number of hydrogen-bond donors (Lipinski definition) is 3. The summed E-state index contributed by atoms with van der Waals surface area (Å²) in [4.78, 5) is 26.0. The highest BCUT2D eigenvalue weighted by molar-refractivity contribution is 7.18. The fraction of sp³-hybridized carbons (Fsp3) is 0.125. The van der Waals surface area contributed by atoms with E-state index in [0.717, 1.165) is 32.7 Å². The van der Waals surface area contributed by atoms with E-state index in [2.05, 4.69) is 4.98 Å². The molecule has 0 aliphatic rings. The molecule has 6 nitrogen and oxygen atoms in total. The van der Waals surface area contributed by atoms with Crippen LogP contribution in [0.4, 0.5) is 0 Å². The van der Waals surface area contributed by atoms with E-state index in [1.165, 1.54) is 0 Å². The molecule has 0 atom stereocenters. The molecule has 0 saturated heterocycles. The van der Waals surface area contributed by atoms with Gasteiger partial charge in [-0.2, -0.15) is 0 Å². The molecule has 0 fully saturated rings. The number of nitrogens with one attached hydrogen (secondary N) is 1. The van der Waals surface area contributed by atoms with Crippen LogP contribution in [0.1, 0.15) is 15.2 Å². The average Bonchev–Trinajstić information content (AvgIpc) is 3.08. The number of benzene rings is 1. The number of H-pyrrole nitrogens is 1. The number of thiophene rings is 1. The zero-order chi connectivity index (χ0) is 16.6. The molecule has 0 aliphatic heterocycles. The number of aromatic nitrogens is 1. The van der Waals surface area contributed by atoms with Crippen molar-refractivity contribution in [2.75, 3.05) is 6.61 Å². The van der Waals surface area contributed by atoms with Gasteiger partial charge in [-0.25, -0.2) is 9.59 Å². The summed E-state index contributed by atoms with van der Waals surface area (Å²) in [5, 5.41) is 19.1. The molecule has 2 heterocycles. The maximum Gasteiger partial charge on any atom is 0.349 e. The first-order valence-corrected chi connectivity index (χ1v) is 7.58. The third-order valence-electron chi connectivity index (χ3n) is 3.44. The Bertz CT molecular complexity index is 908. The lowest BCUT2D eigenvalue weighted by molar-refractivity contribution is -0.139. The second-order valence-electron chi connectivity index (χ2n) is 4.98. The molecule has 0 unspecified atom stereocenters. The molecule has 0 spiro atoms. The average molecular weight is 331 g/mol. The molecule has 0 radical (unpaired) electrons. The number of carboxylic acids is 2. The number of carboxylic acid groups (broad SMARTS) is 2. The van der Waals surface area contributed by atoms with Crippen LogP contribution < -0.4 is 4.74 Å². The first-order valence-electron chi connectivity index (χ1n) is 6.76. The fourth-order valence-electron chi connectivity index (χ4n) is 2.42. The Labute approximate surface area is 135 Å². The number of aromatic carboxylic acids is 1. The van der Waals surface area contributed by atoms with Crippen LogP contribution in [0.5, 0.6) is 5.75 Å². The highest BCUT2D eigenvalue weighted by Gasteiger charge is 2.23. The predicted octanol–water partition coefficient (Wildman–Crippen LogP) is 3.37. The summed E-state index contributed by atoms with van der Waals surface area (Å²) in [6.07, 6.45) is 1.83. The minimum atomic E-state index is -1.15. The van der Waals surface area contributed by atoms with Gasteiger partial charge in [0.2, 0.25) is 0 Å². The van der Waals surface area contributed by atoms with E-state index in [9.17, 15) is 14.7 Å². The normalized spacial score (nSPS) is 10.8. The minimum Gasteiger partial charge on any atom is -0.480 e. The lowest BCUT2D eigenvalue weighted by Gasteiger charge is -2.05. The van der Waals surface area contributed by atoms with E-state index >= 15 is 0 Å². The summed E-state index contributed by atoms with van der Waals surface area (Å²) in [6.45, 7) is 1.16. The quantitative estimate of drug-likeness (QED) is 0.665. The first-order chi connectivity index (χ1) is 11.0. The summed E-state index contributed by atoms with van der Waals surface area (Å²) >= 11 is 1.08. The zero-order valence-corrected chi connectivity index (χ0v) is 12.9. The SMILES string of the molecule is Cc1c(-c2ccc3[nH]ccc3c2)sc(C(=O)O)c1OCC(=O)O. The van der Waals surface area contributed by atoms with Crippen molar-refractivity contribution in [2.45, 2.75) is 6.92 Å². The summed E-state index contributed by atoms with van der Waals surface area (Å²) < 4.78 is 5.19. The van der Waals surface area contributed by atoms with Crippen molar-refractivity contribution in [1.29, 1.82) is 0 Å². The number of rotatable bonds is 5. The van der Waals surface area contributed by atoms with Crippen LogP contribution in [0.25, 0.3) is 21.3 Å². The Balaban J connectivity index is 2.09. The number of ether oxygens (including phenoxy) is 1. The van der Waals surface area contributed by atoms with E-state index in [1.54, 1.807) is 6.92 Å². The molecule has 0 amide bonds. The Hall–Kier alpha value is -2.80. The van der Waals surface area contributed by atoms with Gasteiger partial charge < -0.3 is 19.9 Å². The van der Waals surface area contributed by atoms with Gasteiger partial charge in [0.05, 0.1) is 0 Å². The van der Waals surface area contributed by atoms with Gasteiger partial charge in [0.15, 0.2) is 11.5 Å².